The molecule has 1 amide bonds. The molecule has 1 atom stereocenters. The van der Waals surface area contributed by atoms with Crippen molar-refractivity contribution in [2.45, 2.75) is 18.8 Å². The molecule has 1 aliphatic rings. The van der Waals surface area contributed by atoms with E-state index in [1.165, 1.54) is 10.4 Å². The monoisotopic (exact) mass is 388 g/mol. The Morgan fingerprint density at radius 2 is 2.07 bits per heavy atom. The fourth-order valence-electron chi connectivity index (χ4n) is 3.90. The molecule has 140 valence electrons. The highest BCUT2D eigenvalue weighted by atomic mass is 32.1. The molecule has 28 heavy (non-hydrogen) atoms. The van der Waals surface area contributed by atoms with Crippen molar-refractivity contribution in [1.82, 2.24) is 19.3 Å². The zero-order chi connectivity index (χ0) is 18.9. The SMILES string of the molecule is O=C(c1ccnc(Cc2ccccc2)c1)N1CCC(c2ncn3ccsc23)C1. The van der Waals surface area contributed by atoms with Crippen LogP contribution in [-0.4, -0.2) is 38.3 Å². The topological polar surface area (TPSA) is 50.5 Å². The van der Waals surface area contributed by atoms with Crippen LogP contribution in [0.15, 0.2) is 66.6 Å². The molecule has 0 aliphatic carbocycles. The fourth-order valence-corrected chi connectivity index (χ4v) is 4.79. The lowest BCUT2D eigenvalue weighted by molar-refractivity contribution is 0.0790. The molecule has 0 bridgehead atoms. The van der Waals surface area contributed by atoms with Crippen LogP contribution in [0.25, 0.3) is 4.83 Å². The molecule has 0 radical (unpaired) electrons. The van der Waals surface area contributed by atoms with Crippen LogP contribution < -0.4 is 0 Å². The molecule has 4 aromatic rings. The van der Waals surface area contributed by atoms with Crippen LogP contribution in [0.4, 0.5) is 0 Å². The molecular formula is C22H20N4OS. The Kier molecular flexibility index (Phi) is 4.41. The molecule has 1 aliphatic heterocycles. The number of benzene rings is 1. The fraction of sp³-hybridized carbons (Fsp3) is 0.227. The van der Waals surface area contributed by atoms with Crippen LogP contribution in [0.1, 0.15) is 39.6 Å². The summed E-state index contributed by atoms with van der Waals surface area (Å²) in [5.74, 6) is 0.388. The van der Waals surface area contributed by atoms with Crippen molar-refractivity contribution in [3.63, 3.8) is 0 Å². The minimum absolute atomic E-state index is 0.0841. The lowest BCUT2D eigenvalue weighted by Gasteiger charge is -2.16. The van der Waals surface area contributed by atoms with Gasteiger partial charge in [0.2, 0.25) is 0 Å². The number of carbonyl (C=O) groups excluding carboxylic acids is 1. The standard InChI is InChI=1S/C22H20N4OS/c27-21(17-6-8-23-19(13-17)12-16-4-2-1-3-5-16)25-9-7-18(14-25)20-22-26(15-24-20)10-11-28-22/h1-6,8,10-11,13,15,18H,7,9,12,14H2. The Bertz CT molecular complexity index is 1120. The van der Waals surface area contributed by atoms with Gasteiger partial charge in [-0.05, 0) is 24.1 Å². The van der Waals surface area contributed by atoms with Gasteiger partial charge < -0.3 is 4.90 Å². The number of likely N-dealkylation sites (tertiary alicyclic amines) is 1. The van der Waals surface area contributed by atoms with Gasteiger partial charge in [-0.1, -0.05) is 30.3 Å². The van der Waals surface area contributed by atoms with Crippen molar-refractivity contribution >= 4 is 22.1 Å². The van der Waals surface area contributed by atoms with E-state index in [0.717, 1.165) is 37.3 Å². The van der Waals surface area contributed by atoms with Crippen molar-refractivity contribution in [3.8, 4) is 0 Å². The van der Waals surface area contributed by atoms with Gasteiger partial charge in [0.25, 0.3) is 5.91 Å². The predicted octanol–water partition coefficient (Wildman–Crippen LogP) is 4.01. The minimum Gasteiger partial charge on any atom is -0.338 e. The summed E-state index contributed by atoms with van der Waals surface area (Å²) in [5.41, 5.74) is 3.94. The first-order valence-corrected chi connectivity index (χ1v) is 10.3. The van der Waals surface area contributed by atoms with Gasteiger partial charge in [0, 0.05) is 54.5 Å². The maximum atomic E-state index is 13.1. The highest BCUT2D eigenvalue weighted by Gasteiger charge is 2.30. The van der Waals surface area contributed by atoms with E-state index in [0.29, 0.717) is 11.5 Å². The van der Waals surface area contributed by atoms with Crippen molar-refractivity contribution in [2.75, 3.05) is 13.1 Å². The van der Waals surface area contributed by atoms with Crippen LogP contribution in [0.2, 0.25) is 0 Å². The Morgan fingerprint density at radius 1 is 1.18 bits per heavy atom. The van der Waals surface area contributed by atoms with E-state index in [2.05, 4.69) is 31.9 Å². The van der Waals surface area contributed by atoms with Gasteiger partial charge in [-0.3, -0.25) is 14.2 Å². The number of aromatic nitrogens is 3. The molecule has 1 fully saturated rings. The van der Waals surface area contributed by atoms with E-state index in [-0.39, 0.29) is 5.91 Å². The summed E-state index contributed by atoms with van der Waals surface area (Å²) in [4.78, 5) is 25.2. The van der Waals surface area contributed by atoms with E-state index < -0.39 is 0 Å². The molecule has 0 spiro atoms. The third kappa shape index (κ3) is 3.20. The number of amides is 1. The van der Waals surface area contributed by atoms with Gasteiger partial charge in [0.15, 0.2) is 0 Å². The van der Waals surface area contributed by atoms with E-state index in [4.69, 9.17) is 0 Å². The van der Waals surface area contributed by atoms with Crippen LogP contribution in [0.5, 0.6) is 0 Å². The van der Waals surface area contributed by atoms with Gasteiger partial charge in [-0.2, -0.15) is 0 Å². The van der Waals surface area contributed by atoms with Crippen molar-refractivity contribution in [1.29, 1.82) is 0 Å². The molecule has 1 aromatic carbocycles. The van der Waals surface area contributed by atoms with E-state index >= 15 is 0 Å². The molecule has 1 saturated heterocycles. The van der Waals surface area contributed by atoms with Crippen LogP contribution in [-0.2, 0) is 6.42 Å². The lowest BCUT2D eigenvalue weighted by atomic mass is 10.1. The van der Waals surface area contributed by atoms with E-state index in [1.807, 2.05) is 47.8 Å². The zero-order valence-electron chi connectivity index (χ0n) is 15.4. The van der Waals surface area contributed by atoms with Gasteiger partial charge in [-0.15, -0.1) is 11.3 Å². The molecular weight excluding hydrogens is 368 g/mol. The second-order valence-electron chi connectivity index (χ2n) is 7.18. The number of rotatable bonds is 4. The molecule has 3 aromatic heterocycles. The van der Waals surface area contributed by atoms with Gasteiger partial charge in [-0.25, -0.2) is 4.98 Å². The first kappa shape index (κ1) is 17.1. The average Bonchev–Trinajstić information content (AvgIpc) is 3.45. The molecule has 4 heterocycles. The quantitative estimate of drug-likeness (QED) is 0.531. The van der Waals surface area contributed by atoms with Crippen molar-refractivity contribution in [2.24, 2.45) is 0 Å². The summed E-state index contributed by atoms with van der Waals surface area (Å²) in [6.07, 6.45) is 7.32. The summed E-state index contributed by atoms with van der Waals surface area (Å²) in [6, 6.07) is 14.0. The number of hydrogen-bond donors (Lipinski definition) is 0. The number of hydrogen-bond acceptors (Lipinski definition) is 4. The number of carbonyl (C=O) groups is 1. The maximum absolute atomic E-state index is 13.1. The second-order valence-corrected chi connectivity index (χ2v) is 8.07. The molecule has 1 unspecified atom stereocenters. The predicted molar refractivity (Wildman–Crippen MR) is 110 cm³/mol. The Morgan fingerprint density at radius 3 is 2.96 bits per heavy atom. The summed E-state index contributed by atoms with van der Waals surface area (Å²) < 4.78 is 2.06. The summed E-state index contributed by atoms with van der Waals surface area (Å²) in [7, 11) is 0. The number of thiazole rings is 1. The number of imidazole rings is 1. The Hall–Kier alpha value is -2.99. The first-order chi connectivity index (χ1) is 13.8. The van der Waals surface area contributed by atoms with Crippen LogP contribution >= 0.6 is 11.3 Å². The van der Waals surface area contributed by atoms with Crippen molar-refractivity contribution < 1.29 is 4.79 Å². The van der Waals surface area contributed by atoms with Gasteiger partial charge in [0.05, 0.1) is 5.69 Å². The lowest BCUT2D eigenvalue weighted by Crippen LogP contribution is -2.28. The minimum atomic E-state index is 0.0841. The first-order valence-electron chi connectivity index (χ1n) is 9.46. The van der Waals surface area contributed by atoms with Crippen LogP contribution in [0, 0.1) is 0 Å². The second kappa shape index (κ2) is 7.20. The maximum Gasteiger partial charge on any atom is 0.253 e. The molecule has 0 saturated carbocycles. The van der Waals surface area contributed by atoms with Gasteiger partial charge in [0.1, 0.15) is 11.2 Å². The average molecular weight is 388 g/mol. The molecule has 6 heteroatoms. The summed E-state index contributed by atoms with van der Waals surface area (Å²) in [5, 5.41) is 2.07. The summed E-state index contributed by atoms with van der Waals surface area (Å²) >= 11 is 1.71. The normalized spacial score (nSPS) is 16.7. The molecule has 5 nitrogen and oxygen atoms in total. The number of fused-ring (bicyclic) bond motifs is 1. The zero-order valence-corrected chi connectivity index (χ0v) is 16.2. The molecule has 0 N–H and O–H groups in total. The third-order valence-corrected chi connectivity index (χ3v) is 6.23. The van der Waals surface area contributed by atoms with Gasteiger partial charge >= 0.3 is 0 Å². The summed E-state index contributed by atoms with van der Waals surface area (Å²) in [6.45, 7) is 1.49. The third-order valence-electron chi connectivity index (χ3n) is 5.33. The van der Waals surface area contributed by atoms with E-state index in [1.54, 1.807) is 17.5 Å². The van der Waals surface area contributed by atoms with Crippen LogP contribution in [0.3, 0.4) is 0 Å². The highest BCUT2D eigenvalue weighted by Crippen LogP contribution is 2.31. The Labute approximate surface area is 167 Å². The van der Waals surface area contributed by atoms with E-state index in [9.17, 15) is 4.79 Å². The number of nitrogens with zero attached hydrogens (tertiary/aromatic N) is 4. The van der Waals surface area contributed by atoms with Crippen molar-refractivity contribution in [3.05, 3.63) is 89.1 Å². The largest absolute Gasteiger partial charge is 0.338 e. The number of pyridine rings is 1. The Balaban J connectivity index is 1.31. The smallest absolute Gasteiger partial charge is 0.253 e. The highest BCUT2D eigenvalue weighted by molar-refractivity contribution is 7.15. The molecule has 5 rings (SSSR count).